The first-order valence-electron chi connectivity index (χ1n) is 7.82. The molecule has 0 aromatic carbocycles. The molecule has 1 amide bonds. The summed E-state index contributed by atoms with van der Waals surface area (Å²) in [6, 6.07) is 1.85. The van der Waals surface area contributed by atoms with Gasteiger partial charge in [0.2, 0.25) is 5.91 Å². The predicted molar refractivity (Wildman–Crippen MR) is 78.0 cm³/mol. The largest absolute Gasteiger partial charge is 0.381 e. The molecule has 0 spiro atoms. The first kappa shape index (κ1) is 14.5. The quantitative estimate of drug-likeness (QED) is 0.869. The summed E-state index contributed by atoms with van der Waals surface area (Å²) < 4.78 is 12.8. The predicted octanol–water partition coefficient (Wildman–Crippen LogP) is 1.82. The van der Waals surface area contributed by atoms with Crippen molar-refractivity contribution in [3.05, 3.63) is 12.3 Å². The lowest BCUT2D eigenvalue weighted by molar-refractivity contribution is -0.116. The number of aromatic nitrogens is 2. The van der Waals surface area contributed by atoms with Crippen LogP contribution in [-0.4, -0.2) is 41.6 Å². The molecule has 2 aliphatic heterocycles. The van der Waals surface area contributed by atoms with Crippen LogP contribution in [0.5, 0.6) is 0 Å². The van der Waals surface area contributed by atoms with Crippen molar-refractivity contribution in [2.24, 2.45) is 5.92 Å². The van der Waals surface area contributed by atoms with Gasteiger partial charge >= 0.3 is 0 Å². The van der Waals surface area contributed by atoms with Gasteiger partial charge in [-0.1, -0.05) is 0 Å². The van der Waals surface area contributed by atoms with Gasteiger partial charge in [-0.3, -0.25) is 4.79 Å². The number of carbonyl (C=O) groups excluding carboxylic acids is 1. The minimum atomic E-state index is 0.0370. The molecule has 1 aromatic rings. The van der Waals surface area contributed by atoms with Crippen LogP contribution in [0.1, 0.15) is 32.1 Å². The monoisotopic (exact) mass is 293 g/mol. The zero-order chi connectivity index (χ0) is 14.5. The summed E-state index contributed by atoms with van der Waals surface area (Å²) in [5.41, 5.74) is 0. The molecule has 0 saturated carbocycles. The van der Waals surface area contributed by atoms with Crippen LogP contribution < -0.4 is 5.32 Å². The van der Waals surface area contributed by atoms with Gasteiger partial charge in [-0.05, 0) is 25.7 Å². The van der Waals surface area contributed by atoms with E-state index < -0.39 is 0 Å². The third kappa shape index (κ3) is 4.04. The molecule has 0 bridgehead atoms. The third-order valence-corrected chi connectivity index (χ3v) is 4.16. The molecule has 2 unspecified atom stereocenters. The fraction of sp³-hybridized carbons (Fsp3) is 0.733. The SMILES string of the molecule is O=C(CCC1CCCO1)Nc1ccnn1CC1CCOC1. The summed E-state index contributed by atoms with van der Waals surface area (Å²) in [5.74, 6) is 1.31. The number of anilines is 1. The molecule has 6 heteroatoms. The standard InChI is InChI=1S/C15H23N3O3/c19-15(4-3-13-2-1-8-21-13)17-14-5-7-16-18(14)10-12-6-9-20-11-12/h5,7,12-13H,1-4,6,8-11H2,(H,17,19). The maximum atomic E-state index is 12.0. The maximum absolute atomic E-state index is 12.0. The second kappa shape index (κ2) is 7.04. The van der Waals surface area contributed by atoms with Crippen LogP contribution in [0.2, 0.25) is 0 Å². The summed E-state index contributed by atoms with van der Waals surface area (Å²) in [5, 5.41) is 7.25. The molecule has 2 atom stereocenters. The smallest absolute Gasteiger partial charge is 0.225 e. The highest BCUT2D eigenvalue weighted by atomic mass is 16.5. The highest BCUT2D eigenvalue weighted by Gasteiger charge is 2.19. The average molecular weight is 293 g/mol. The van der Waals surface area contributed by atoms with Crippen molar-refractivity contribution < 1.29 is 14.3 Å². The molecule has 116 valence electrons. The first-order chi connectivity index (χ1) is 10.3. The van der Waals surface area contributed by atoms with Crippen LogP contribution in [0.25, 0.3) is 0 Å². The molecule has 3 rings (SSSR count). The Morgan fingerprint density at radius 3 is 3.14 bits per heavy atom. The number of hydrogen-bond acceptors (Lipinski definition) is 4. The molecule has 21 heavy (non-hydrogen) atoms. The zero-order valence-electron chi connectivity index (χ0n) is 12.3. The molecule has 3 heterocycles. The van der Waals surface area contributed by atoms with E-state index in [1.54, 1.807) is 6.20 Å². The lowest BCUT2D eigenvalue weighted by Gasteiger charge is -2.13. The number of carbonyl (C=O) groups is 1. The Hall–Kier alpha value is -1.40. The fourth-order valence-electron chi connectivity index (χ4n) is 2.93. The Kier molecular flexibility index (Phi) is 4.87. The van der Waals surface area contributed by atoms with Crippen LogP contribution in [0.4, 0.5) is 5.82 Å². The van der Waals surface area contributed by atoms with Gasteiger partial charge in [0.05, 0.1) is 18.9 Å². The number of amides is 1. The Bertz CT molecular complexity index is 462. The van der Waals surface area contributed by atoms with Gasteiger partial charge in [-0.2, -0.15) is 5.10 Å². The summed E-state index contributed by atoms with van der Waals surface area (Å²) in [6.07, 6.45) is 6.54. The third-order valence-electron chi connectivity index (χ3n) is 4.16. The molecule has 0 aliphatic carbocycles. The van der Waals surface area contributed by atoms with Gasteiger partial charge in [-0.15, -0.1) is 0 Å². The van der Waals surface area contributed by atoms with Crippen LogP contribution in [-0.2, 0) is 20.8 Å². The average Bonchev–Trinajstić information content (AvgIpc) is 3.20. The van der Waals surface area contributed by atoms with Crippen molar-refractivity contribution in [1.82, 2.24) is 9.78 Å². The van der Waals surface area contributed by atoms with E-state index in [1.165, 1.54) is 0 Å². The van der Waals surface area contributed by atoms with E-state index in [1.807, 2.05) is 10.7 Å². The Morgan fingerprint density at radius 2 is 2.38 bits per heavy atom. The van der Waals surface area contributed by atoms with Crippen LogP contribution in [0.3, 0.4) is 0 Å². The van der Waals surface area contributed by atoms with E-state index in [0.29, 0.717) is 12.3 Å². The minimum Gasteiger partial charge on any atom is -0.381 e. The summed E-state index contributed by atoms with van der Waals surface area (Å²) in [4.78, 5) is 12.0. The van der Waals surface area contributed by atoms with Gasteiger partial charge in [0.1, 0.15) is 5.82 Å². The Morgan fingerprint density at radius 1 is 1.43 bits per heavy atom. The maximum Gasteiger partial charge on any atom is 0.225 e. The highest BCUT2D eigenvalue weighted by Crippen LogP contribution is 2.19. The van der Waals surface area contributed by atoms with Gasteiger partial charge in [0, 0.05) is 38.2 Å². The number of nitrogens with zero attached hydrogens (tertiary/aromatic N) is 2. The summed E-state index contributed by atoms with van der Waals surface area (Å²) in [7, 11) is 0. The number of nitrogens with one attached hydrogen (secondary N) is 1. The van der Waals surface area contributed by atoms with Crippen molar-refractivity contribution in [3.8, 4) is 0 Å². The van der Waals surface area contributed by atoms with Crippen molar-refractivity contribution in [1.29, 1.82) is 0 Å². The minimum absolute atomic E-state index is 0.0370. The van der Waals surface area contributed by atoms with E-state index in [2.05, 4.69) is 10.4 Å². The Balaban J connectivity index is 1.47. The molecule has 2 fully saturated rings. The van der Waals surface area contributed by atoms with E-state index in [0.717, 1.165) is 57.9 Å². The second-order valence-electron chi connectivity index (χ2n) is 5.85. The molecule has 2 saturated heterocycles. The Labute approximate surface area is 124 Å². The second-order valence-corrected chi connectivity index (χ2v) is 5.85. The highest BCUT2D eigenvalue weighted by molar-refractivity contribution is 5.89. The molecular weight excluding hydrogens is 270 g/mol. The lowest BCUT2D eigenvalue weighted by Crippen LogP contribution is -2.19. The number of hydrogen-bond donors (Lipinski definition) is 1. The van der Waals surface area contributed by atoms with Crippen molar-refractivity contribution >= 4 is 11.7 Å². The van der Waals surface area contributed by atoms with Crippen molar-refractivity contribution in [2.75, 3.05) is 25.1 Å². The summed E-state index contributed by atoms with van der Waals surface area (Å²) in [6.45, 7) is 3.25. The fourth-order valence-corrected chi connectivity index (χ4v) is 2.93. The molecule has 1 aromatic heterocycles. The van der Waals surface area contributed by atoms with E-state index in [4.69, 9.17) is 9.47 Å². The van der Waals surface area contributed by atoms with Crippen molar-refractivity contribution in [2.45, 2.75) is 44.8 Å². The van der Waals surface area contributed by atoms with Crippen LogP contribution >= 0.6 is 0 Å². The van der Waals surface area contributed by atoms with E-state index >= 15 is 0 Å². The molecule has 2 aliphatic rings. The van der Waals surface area contributed by atoms with Gasteiger partial charge in [0.25, 0.3) is 0 Å². The molecular formula is C15H23N3O3. The van der Waals surface area contributed by atoms with E-state index in [9.17, 15) is 4.79 Å². The zero-order valence-corrected chi connectivity index (χ0v) is 12.3. The summed E-state index contributed by atoms with van der Waals surface area (Å²) >= 11 is 0. The van der Waals surface area contributed by atoms with Gasteiger partial charge < -0.3 is 14.8 Å². The normalized spacial score (nSPS) is 25.3. The number of rotatable bonds is 6. The van der Waals surface area contributed by atoms with E-state index in [-0.39, 0.29) is 12.0 Å². The topological polar surface area (TPSA) is 65.4 Å². The first-order valence-corrected chi connectivity index (χ1v) is 7.82. The molecule has 0 radical (unpaired) electrons. The van der Waals surface area contributed by atoms with Gasteiger partial charge in [0.15, 0.2) is 0 Å². The van der Waals surface area contributed by atoms with Crippen LogP contribution in [0.15, 0.2) is 12.3 Å². The molecule has 6 nitrogen and oxygen atoms in total. The number of ether oxygens (including phenoxy) is 2. The van der Waals surface area contributed by atoms with Crippen LogP contribution in [0, 0.1) is 5.92 Å². The van der Waals surface area contributed by atoms with Gasteiger partial charge in [-0.25, -0.2) is 4.68 Å². The lowest BCUT2D eigenvalue weighted by atomic mass is 10.1. The molecule has 1 N–H and O–H groups in total. The van der Waals surface area contributed by atoms with Crippen molar-refractivity contribution in [3.63, 3.8) is 0 Å².